The Bertz CT molecular complexity index is 573. The van der Waals surface area contributed by atoms with Crippen molar-refractivity contribution in [2.75, 3.05) is 5.32 Å². The molecule has 0 amide bonds. The number of aryl methyl sites for hydroxylation is 3. The van der Waals surface area contributed by atoms with Crippen LogP contribution in [0.2, 0.25) is 0 Å². The Balaban J connectivity index is 2.43. The van der Waals surface area contributed by atoms with Crippen molar-refractivity contribution >= 4 is 11.4 Å². The average molecular weight is 272 g/mol. The molecule has 0 saturated heterocycles. The van der Waals surface area contributed by atoms with Crippen LogP contribution in [0.15, 0.2) is 36.4 Å². The molecule has 20 heavy (non-hydrogen) atoms. The minimum Gasteiger partial charge on any atom is -0.355 e. The van der Waals surface area contributed by atoms with Crippen molar-refractivity contribution in [1.82, 2.24) is 5.54 Å². The van der Waals surface area contributed by atoms with Crippen molar-refractivity contribution in [1.29, 1.82) is 0 Å². The predicted molar refractivity (Wildman–Crippen MR) is 83.0 cm³/mol. The van der Waals surface area contributed by atoms with Crippen molar-refractivity contribution in [3.05, 3.63) is 58.7 Å². The molecule has 0 unspecified atom stereocenters. The van der Waals surface area contributed by atoms with Gasteiger partial charge in [0.2, 0.25) is 0 Å². The zero-order chi connectivity index (χ0) is 14.5. The highest BCUT2D eigenvalue weighted by atomic mass is 19.2. The Morgan fingerprint density at radius 2 is 1.65 bits per heavy atom. The van der Waals surface area contributed by atoms with Crippen LogP contribution in [0.5, 0.6) is 0 Å². The van der Waals surface area contributed by atoms with Crippen LogP contribution in [-0.2, 0) is 13.0 Å². The Morgan fingerprint density at radius 1 is 1.00 bits per heavy atom. The Hall–Kier alpha value is -1.87. The first-order valence-electron chi connectivity index (χ1n) is 6.94. The van der Waals surface area contributed by atoms with Gasteiger partial charge in [0.1, 0.15) is 0 Å². The Morgan fingerprint density at radius 3 is 2.25 bits per heavy atom. The quantitative estimate of drug-likeness (QED) is 0.778. The summed E-state index contributed by atoms with van der Waals surface area (Å²) in [6.07, 6.45) is 0.888. The van der Waals surface area contributed by atoms with Gasteiger partial charge >= 0.3 is 0 Å². The molecule has 3 heteroatoms. The molecular weight excluding hydrogens is 251 g/mol. The molecule has 0 spiro atoms. The zero-order valence-corrected chi connectivity index (χ0v) is 12.3. The van der Waals surface area contributed by atoms with Crippen molar-refractivity contribution in [3.8, 4) is 0 Å². The Labute approximate surface area is 120 Å². The number of nitrogens with one attached hydrogen (secondary N) is 2. The van der Waals surface area contributed by atoms with Crippen LogP contribution in [0.25, 0.3) is 0 Å². The van der Waals surface area contributed by atoms with Crippen molar-refractivity contribution in [2.24, 2.45) is 0 Å². The molecule has 2 aromatic carbocycles. The van der Waals surface area contributed by atoms with Gasteiger partial charge in [-0.1, -0.05) is 37.3 Å². The van der Waals surface area contributed by atoms with Crippen LogP contribution in [0.1, 0.15) is 29.2 Å². The van der Waals surface area contributed by atoms with E-state index in [2.05, 4.69) is 38.2 Å². The smallest absolute Gasteiger partial charge is 0.0533 e. The van der Waals surface area contributed by atoms with Gasteiger partial charge in [-0.2, -0.15) is 5.54 Å². The first-order valence-corrected chi connectivity index (χ1v) is 6.94. The van der Waals surface area contributed by atoms with Crippen molar-refractivity contribution in [3.63, 3.8) is 0 Å². The van der Waals surface area contributed by atoms with E-state index in [1.807, 2.05) is 24.3 Å². The summed E-state index contributed by atoms with van der Waals surface area (Å²) in [5, 5.41) is 3.46. The topological polar surface area (TPSA) is 24.1 Å². The summed E-state index contributed by atoms with van der Waals surface area (Å²) in [5.74, 6) is 0. The molecule has 0 heterocycles. The van der Waals surface area contributed by atoms with E-state index < -0.39 is 0 Å². The van der Waals surface area contributed by atoms with Crippen LogP contribution in [-0.4, -0.2) is 0 Å². The van der Waals surface area contributed by atoms with Gasteiger partial charge in [0.15, 0.2) is 0 Å². The van der Waals surface area contributed by atoms with E-state index >= 15 is 0 Å². The minimum absolute atomic E-state index is 0.220. The molecule has 0 saturated carbocycles. The van der Waals surface area contributed by atoms with E-state index in [-0.39, 0.29) is 6.54 Å². The van der Waals surface area contributed by atoms with E-state index in [9.17, 15) is 4.48 Å². The molecule has 106 valence electrons. The molecule has 0 aliphatic carbocycles. The van der Waals surface area contributed by atoms with Gasteiger partial charge in [0, 0.05) is 11.4 Å². The highest BCUT2D eigenvalue weighted by Crippen LogP contribution is 2.28. The molecule has 0 aromatic heterocycles. The number of anilines is 2. The average Bonchev–Trinajstić information content (AvgIpc) is 2.44. The second-order valence-corrected chi connectivity index (χ2v) is 5.00. The van der Waals surface area contributed by atoms with Crippen LogP contribution < -0.4 is 10.9 Å². The third-order valence-corrected chi connectivity index (χ3v) is 3.64. The van der Waals surface area contributed by atoms with E-state index in [4.69, 9.17) is 0 Å². The normalized spacial score (nSPS) is 10.6. The fraction of sp³-hybridized carbons (Fsp3) is 0.294. The highest BCUT2D eigenvalue weighted by Gasteiger charge is 2.09. The molecule has 2 aromatic rings. The number of hydrogen-bond donors (Lipinski definition) is 2. The number of benzene rings is 2. The van der Waals surface area contributed by atoms with Gasteiger partial charge in [0.05, 0.1) is 6.54 Å². The lowest BCUT2D eigenvalue weighted by atomic mass is 10.0. The fourth-order valence-corrected chi connectivity index (χ4v) is 2.50. The van der Waals surface area contributed by atoms with Gasteiger partial charge in [-0.05, 0) is 48.6 Å². The second kappa shape index (κ2) is 6.53. The molecule has 0 fully saturated rings. The van der Waals surface area contributed by atoms with Crippen LogP contribution >= 0.6 is 0 Å². The molecule has 0 radical (unpaired) electrons. The molecule has 0 atom stereocenters. The van der Waals surface area contributed by atoms with E-state index in [0.717, 1.165) is 28.9 Å². The van der Waals surface area contributed by atoms with Gasteiger partial charge < -0.3 is 5.32 Å². The van der Waals surface area contributed by atoms with Crippen LogP contribution in [0.3, 0.4) is 0 Å². The zero-order valence-electron chi connectivity index (χ0n) is 12.3. The van der Waals surface area contributed by atoms with Crippen LogP contribution in [0.4, 0.5) is 15.9 Å². The summed E-state index contributed by atoms with van der Waals surface area (Å²) in [7, 11) is 0. The number of rotatable bonds is 5. The van der Waals surface area contributed by atoms with E-state index in [1.165, 1.54) is 11.1 Å². The minimum atomic E-state index is 0.220. The second-order valence-electron chi connectivity index (χ2n) is 5.00. The Kier molecular flexibility index (Phi) is 4.74. The fourth-order valence-electron chi connectivity index (χ4n) is 2.50. The SMILES string of the molecule is CCc1cccc(Nc2c(C)cccc2C)c1CNF. The third-order valence-electron chi connectivity index (χ3n) is 3.64. The summed E-state index contributed by atoms with van der Waals surface area (Å²) in [6, 6.07) is 12.2. The lowest BCUT2D eigenvalue weighted by Gasteiger charge is -2.17. The predicted octanol–water partition coefficient (Wildman–Crippen LogP) is 4.58. The standard InChI is InChI=1S/C17H21FN2/c1-4-14-9-6-10-16(15(14)11-19-18)20-17-12(2)7-5-8-13(17)3/h5-10,19-20H,4,11H2,1-3H3. The summed E-state index contributed by atoms with van der Waals surface area (Å²) >= 11 is 0. The molecule has 0 aliphatic rings. The summed E-state index contributed by atoms with van der Waals surface area (Å²) in [5.41, 5.74) is 8.35. The lowest BCUT2D eigenvalue weighted by molar-refractivity contribution is 0.330. The number of hydrogen-bond acceptors (Lipinski definition) is 2. The van der Waals surface area contributed by atoms with E-state index in [0.29, 0.717) is 0 Å². The van der Waals surface area contributed by atoms with E-state index in [1.54, 1.807) is 5.54 Å². The third kappa shape index (κ3) is 2.99. The van der Waals surface area contributed by atoms with Crippen molar-refractivity contribution in [2.45, 2.75) is 33.7 Å². The highest BCUT2D eigenvalue weighted by molar-refractivity contribution is 5.69. The first-order chi connectivity index (χ1) is 9.67. The number of halogens is 1. The number of para-hydroxylation sites is 1. The first kappa shape index (κ1) is 14.5. The molecule has 2 N–H and O–H groups in total. The molecule has 0 bridgehead atoms. The maximum absolute atomic E-state index is 12.6. The lowest BCUT2D eigenvalue weighted by Crippen LogP contribution is -2.08. The monoisotopic (exact) mass is 272 g/mol. The van der Waals surface area contributed by atoms with Gasteiger partial charge in [0.25, 0.3) is 0 Å². The summed E-state index contributed by atoms with van der Waals surface area (Å²) in [6.45, 7) is 6.45. The van der Waals surface area contributed by atoms with Gasteiger partial charge in [-0.3, -0.25) is 0 Å². The molecular formula is C17H21FN2. The molecule has 0 aliphatic heterocycles. The molecule has 2 rings (SSSR count). The molecule has 2 nitrogen and oxygen atoms in total. The van der Waals surface area contributed by atoms with Gasteiger partial charge in [-0.25, -0.2) is 0 Å². The summed E-state index contributed by atoms with van der Waals surface area (Å²) in [4.78, 5) is 0. The maximum Gasteiger partial charge on any atom is 0.0533 e. The largest absolute Gasteiger partial charge is 0.355 e. The van der Waals surface area contributed by atoms with Crippen LogP contribution in [0, 0.1) is 13.8 Å². The van der Waals surface area contributed by atoms with Crippen molar-refractivity contribution < 1.29 is 4.48 Å². The van der Waals surface area contributed by atoms with Gasteiger partial charge in [-0.15, -0.1) is 4.48 Å². The summed E-state index contributed by atoms with van der Waals surface area (Å²) < 4.78 is 12.6. The maximum atomic E-state index is 12.6.